The third-order valence-corrected chi connectivity index (χ3v) is 8.37. The van der Waals surface area contributed by atoms with Gasteiger partial charge in [-0.3, -0.25) is 9.59 Å². The largest absolute Gasteiger partial charge is 0.530 e. The minimum absolute atomic E-state index is 0.0140. The van der Waals surface area contributed by atoms with E-state index in [-0.39, 0.29) is 25.4 Å². The lowest BCUT2D eigenvalue weighted by Gasteiger charge is -2.20. The van der Waals surface area contributed by atoms with Crippen LogP contribution in [0.15, 0.2) is 67.1 Å². The summed E-state index contributed by atoms with van der Waals surface area (Å²) in [6.07, 6.45) is 4.48. The van der Waals surface area contributed by atoms with Gasteiger partial charge >= 0.3 is 12.1 Å². The van der Waals surface area contributed by atoms with Gasteiger partial charge in [0.25, 0.3) is 12.2 Å². The SMILES string of the molecule is CC(C)(C)OC(=O)[n+]1c[nH]cc1C[C@H](NC(=O)c1ccccc1CCNC(=O)[O-])C(=O)NCCCCCCN1CCN(Cc2ccccc2)C1=O. The molecule has 0 aliphatic carbocycles. The molecule has 0 radical (unpaired) electrons. The maximum absolute atomic E-state index is 13.5. The third-order valence-electron chi connectivity index (χ3n) is 8.37. The number of imidazole rings is 1. The van der Waals surface area contributed by atoms with Crippen LogP contribution in [-0.2, 0) is 28.9 Å². The van der Waals surface area contributed by atoms with Crippen LogP contribution >= 0.6 is 0 Å². The van der Waals surface area contributed by atoms with Crippen molar-refractivity contribution < 1.29 is 38.4 Å². The van der Waals surface area contributed by atoms with Crippen LogP contribution in [0.1, 0.15) is 73.6 Å². The Morgan fingerprint density at radius 3 is 2.37 bits per heavy atom. The van der Waals surface area contributed by atoms with Crippen molar-refractivity contribution in [1.82, 2.24) is 30.7 Å². The lowest BCUT2D eigenvalue weighted by Crippen LogP contribution is -2.53. The Morgan fingerprint density at radius 1 is 0.922 bits per heavy atom. The number of amides is 5. The van der Waals surface area contributed by atoms with Crippen molar-refractivity contribution >= 4 is 30.0 Å². The van der Waals surface area contributed by atoms with E-state index in [9.17, 15) is 29.1 Å². The minimum atomic E-state index is -1.41. The molecular weight excluding hydrogens is 654 g/mol. The highest BCUT2D eigenvalue weighted by Crippen LogP contribution is 2.15. The van der Waals surface area contributed by atoms with Crippen LogP contribution in [0.3, 0.4) is 0 Å². The molecule has 14 nitrogen and oxygen atoms in total. The highest BCUT2D eigenvalue weighted by Gasteiger charge is 2.31. The number of hydrogen-bond donors (Lipinski definition) is 4. The van der Waals surface area contributed by atoms with E-state index < -0.39 is 35.6 Å². The number of unbranched alkanes of at least 4 members (excludes halogenated alkanes) is 3. The van der Waals surface area contributed by atoms with Gasteiger partial charge in [-0.05, 0) is 57.2 Å². The van der Waals surface area contributed by atoms with Gasteiger partial charge in [0, 0.05) is 51.3 Å². The number of aromatic amines is 1. The van der Waals surface area contributed by atoms with Gasteiger partial charge in [-0.25, -0.2) is 9.78 Å². The average Bonchev–Trinajstić information content (AvgIpc) is 3.69. The van der Waals surface area contributed by atoms with Crippen LogP contribution in [0.25, 0.3) is 0 Å². The lowest BCUT2D eigenvalue weighted by atomic mass is 10.0. The number of nitrogens with one attached hydrogen (secondary N) is 4. The van der Waals surface area contributed by atoms with Crippen molar-refractivity contribution in [3.63, 3.8) is 0 Å². The Kier molecular flexibility index (Phi) is 14.0. The van der Waals surface area contributed by atoms with Gasteiger partial charge in [-0.2, -0.15) is 4.79 Å². The molecule has 1 atom stereocenters. The number of carbonyl (C=O) groups is 5. The molecule has 1 aliphatic heterocycles. The average molecular weight is 704 g/mol. The van der Waals surface area contributed by atoms with Gasteiger partial charge in [0.1, 0.15) is 23.9 Å². The summed E-state index contributed by atoms with van der Waals surface area (Å²) in [7, 11) is 0. The first-order chi connectivity index (χ1) is 24.4. The number of urea groups is 1. The monoisotopic (exact) mass is 703 g/mol. The van der Waals surface area contributed by atoms with Crippen molar-refractivity contribution in [3.05, 3.63) is 89.5 Å². The van der Waals surface area contributed by atoms with E-state index in [0.29, 0.717) is 56.0 Å². The highest BCUT2D eigenvalue weighted by molar-refractivity contribution is 5.98. The number of H-pyrrole nitrogens is 1. The number of rotatable bonds is 17. The molecule has 0 saturated carbocycles. The molecule has 4 rings (SSSR count). The molecule has 0 unspecified atom stereocenters. The zero-order valence-electron chi connectivity index (χ0n) is 29.6. The van der Waals surface area contributed by atoms with Gasteiger partial charge < -0.3 is 40.4 Å². The third kappa shape index (κ3) is 12.2. The summed E-state index contributed by atoms with van der Waals surface area (Å²) >= 11 is 0. The summed E-state index contributed by atoms with van der Waals surface area (Å²) < 4.78 is 6.77. The molecule has 1 aromatic heterocycles. The summed E-state index contributed by atoms with van der Waals surface area (Å²) in [6.45, 7) is 8.40. The Hall–Kier alpha value is -5.40. The molecule has 0 bridgehead atoms. The summed E-state index contributed by atoms with van der Waals surface area (Å²) in [5.74, 6) is -0.935. The maximum Gasteiger partial charge on any atom is 0.512 e. The topological polar surface area (TPSA) is 180 Å². The summed E-state index contributed by atoms with van der Waals surface area (Å²) in [5.41, 5.74) is 1.68. The number of carboxylic acid groups (broad SMARTS) is 1. The molecule has 5 amide bonds. The Morgan fingerprint density at radius 2 is 1.63 bits per heavy atom. The molecule has 0 spiro atoms. The number of aromatic nitrogens is 2. The van der Waals surface area contributed by atoms with Crippen LogP contribution in [0.2, 0.25) is 0 Å². The molecule has 1 fully saturated rings. The molecule has 3 aromatic rings. The first-order valence-electron chi connectivity index (χ1n) is 17.4. The fourth-order valence-corrected chi connectivity index (χ4v) is 5.82. The van der Waals surface area contributed by atoms with Crippen LogP contribution < -0.4 is 25.6 Å². The second kappa shape index (κ2) is 18.6. The number of hydrogen-bond acceptors (Lipinski definition) is 7. The number of nitrogens with zero attached hydrogens (tertiary/aromatic N) is 3. The van der Waals surface area contributed by atoms with E-state index in [2.05, 4.69) is 20.9 Å². The predicted molar refractivity (Wildman–Crippen MR) is 186 cm³/mol. The molecule has 14 heteroatoms. The van der Waals surface area contributed by atoms with Crippen LogP contribution in [-0.4, -0.2) is 89.2 Å². The second-order valence-corrected chi connectivity index (χ2v) is 13.5. The number of benzene rings is 2. The summed E-state index contributed by atoms with van der Waals surface area (Å²) in [6, 6.07) is 15.7. The van der Waals surface area contributed by atoms with Crippen molar-refractivity contribution in [2.45, 2.75) is 77.5 Å². The zero-order chi connectivity index (χ0) is 36.8. The number of carbonyl (C=O) groups excluding carboxylic acids is 5. The Balaban J connectivity index is 1.31. The summed E-state index contributed by atoms with van der Waals surface area (Å²) in [4.78, 5) is 70.2. The van der Waals surface area contributed by atoms with Crippen LogP contribution in [0, 0.1) is 0 Å². The van der Waals surface area contributed by atoms with Crippen LogP contribution in [0.4, 0.5) is 14.4 Å². The Labute approximate surface area is 298 Å². The highest BCUT2D eigenvalue weighted by atomic mass is 16.6. The van der Waals surface area contributed by atoms with Crippen molar-refractivity contribution in [3.8, 4) is 0 Å². The lowest BCUT2D eigenvalue weighted by molar-refractivity contribution is -0.595. The zero-order valence-corrected chi connectivity index (χ0v) is 29.6. The quantitative estimate of drug-likeness (QED) is 0.123. The fourth-order valence-electron chi connectivity index (χ4n) is 5.82. The van der Waals surface area contributed by atoms with E-state index in [1.165, 1.54) is 10.9 Å². The summed E-state index contributed by atoms with van der Waals surface area (Å²) in [5, 5.41) is 18.8. The van der Waals surface area contributed by atoms with Crippen LogP contribution in [0.5, 0.6) is 0 Å². The predicted octanol–water partition coefficient (Wildman–Crippen LogP) is 2.52. The van der Waals surface area contributed by atoms with Gasteiger partial charge in [0.2, 0.25) is 5.91 Å². The molecule has 51 heavy (non-hydrogen) atoms. The van der Waals surface area contributed by atoms with E-state index in [1.54, 1.807) is 51.2 Å². The second-order valence-electron chi connectivity index (χ2n) is 13.5. The number of ether oxygens (including phenoxy) is 1. The van der Waals surface area contributed by atoms with E-state index in [1.807, 2.05) is 40.1 Å². The minimum Gasteiger partial charge on any atom is -0.530 e. The van der Waals surface area contributed by atoms with Gasteiger partial charge in [-0.15, -0.1) is 4.57 Å². The van der Waals surface area contributed by atoms with Crippen molar-refractivity contribution in [2.24, 2.45) is 0 Å². The molecule has 1 saturated heterocycles. The maximum atomic E-state index is 13.5. The smallest absolute Gasteiger partial charge is 0.512 e. The van der Waals surface area contributed by atoms with Gasteiger partial charge in [0.05, 0.1) is 0 Å². The molecule has 4 N–H and O–H groups in total. The first-order valence-corrected chi connectivity index (χ1v) is 17.4. The molecular formula is C37H49N7O7. The molecule has 274 valence electrons. The van der Waals surface area contributed by atoms with Crippen molar-refractivity contribution in [2.75, 3.05) is 32.7 Å². The van der Waals surface area contributed by atoms with E-state index in [0.717, 1.165) is 24.8 Å². The first kappa shape index (κ1) is 38.4. The van der Waals surface area contributed by atoms with Gasteiger partial charge in [-0.1, -0.05) is 61.4 Å². The van der Waals surface area contributed by atoms with E-state index in [4.69, 9.17) is 4.74 Å². The van der Waals surface area contributed by atoms with E-state index >= 15 is 0 Å². The molecule has 2 heterocycles. The molecule has 1 aliphatic rings. The van der Waals surface area contributed by atoms with Crippen molar-refractivity contribution in [1.29, 1.82) is 0 Å². The van der Waals surface area contributed by atoms with Gasteiger partial charge in [0.15, 0.2) is 5.69 Å². The Bertz CT molecular complexity index is 1640. The molecule has 2 aromatic carbocycles. The standard InChI is InChI=1S/C37H49N7O7/c1-37(2,3)51-36(50)44-26-38-24-29(44)23-31(41-32(45)30-16-10-9-15-28(30)17-19-40-34(47)48)33(46)39-18-11-4-5-12-20-42-21-22-43(35(42)49)25-27-13-7-6-8-14-27/h6-10,13-16,24,26,31,40H,4-5,11-12,17-23,25H2,1-3H3,(H3,39,41,45,46,47,48)/t31-/m0/s1. The fraction of sp³-hybridized carbons (Fsp3) is 0.459. The normalized spacial score (nSPS) is 13.5.